The lowest BCUT2D eigenvalue weighted by atomic mass is 10.1. The maximum Gasteiger partial charge on any atom is 0.320 e. The van der Waals surface area contributed by atoms with Gasteiger partial charge in [-0.05, 0) is 17.9 Å². The Balaban J connectivity index is 1.58. The van der Waals surface area contributed by atoms with Gasteiger partial charge in [-0.15, -0.1) is 11.3 Å². The van der Waals surface area contributed by atoms with Crippen LogP contribution in [-0.4, -0.2) is 27.8 Å². The van der Waals surface area contributed by atoms with Crippen LogP contribution in [0.4, 0.5) is 10.6 Å². The molecule has 0 radical (unpaired) electrons. The average molecular weight is 425 g/mol. The number of carbonyl (C=O) groups excluding carboxylic acids is 2. The fourth-order valence-electron chi connectivity index (χ4n) is 3.33. The molecule has 3 amide bonds. The first-order chi connectivity index (χ1) is 14.6. The summed E-state index contributed by atoms with van der Waals surface area (Å²) in [5, 5.41) is 18.7. The van der Waals surface area contributed by atoms with Gasteiger partial charge in [0.15, 0.2) is 6.29 Å². The summed E-state index contributed by atoms with van der Waals surface area (Å²) >= 11 is 1.58. The highest BCUT2D eigenvalue weighted by Crippen LogP contribution is 2.25. The topological polar surface area (TPSA) is 100 Å². The van der Waals surface area contributed by atoms with Crippen molar-refractivity contribution in [1.29, 1.82) is 0 Å². The van der Waals surface area contributed by atoms with Crippen molar-refractivity contribution in [3.05, 3.63) is 58.8 Å². The number of nitrogens with one attached hydrogen (secondary N) is 4. The van der Waals surface area contributed by atoms with Crippen LogP contribution in [0.5, 0.6) is 0 Å². The third kappa shape index (κ3) is 4.69. The highest BCUT2D eigenvalue weighted by Gasteiger charge is 2.28. The van der Waals surface area contributed by atoms with Gasteiger partial charge in [0, 0.05) is 29.0 Å². The fraction of sp³-hybridized carbons (Fsp3) is 0.286. The minimum atomic E-state index is -0.541. The Morgan fingerprint density at radius 2 is 2.10 bits per heavy atom. The fourth-order valence-corrected chi connectivity index (χ4v) is 3.97. The maximum atomic E-state index is 12.5. The molecule has 3 heterocycles. The summed E-state index contributed by atoms with van der Waals surface area (Å²) in [6, 6.07) is 15.1. The number of thiophene rings is 1. The Morgan fingerprint density at radius 3 is 2.83 bits per heavy atom. The Hall–Kier alpha value is -3.17. The van der Waals surface area contributed by atoms with Crippen molar-refractivity contribution in [3.8, 4) is 11.3 Å². The number of nitrogens with zero attached hydrogens (tertiary/aromatic N) is 2. The Labute approximate surface area is 178 Å². The first-order valence-corrected chi connectivity index (χ1v) is 10.8. The molecule has 9 heteroatoms. The number of amides is 3. The number of hydrogen-bond acceptors (Lipinski definition) is 5. The zero-order valence-corrected chi connectivity index (χ0v) is 17.4. The summed E-state index contributed by atoms with van der Waals surface area (Å²) < 4.78 is 1.62. The van der Waals surface area contributed by atoms with Gasteiger partial charge < -0.3 is 10.6 Å². The molecule has 2 unspecified atom stereocenters. The van der Waals surface area contributed by atoms with Gasteiger partial charge in [0.2, 0.25) is 5.91 Å². The molecule has 30 heavy (non-hydrogen) atoms. The first kappa shape index (κ1) is 20.1. The van der Waals surface area contributed by atoms with E-state index in [0.29, 0.717) is 24.5 Å². The Bertz CT molecular complexity index is 1000. The standard InChI is InChI=1S/C21H24N6O2S/c1-2-15-11-19(28)25-20(23-15)27-18(12-17(26-27)14-7-4-3-5-8-14)24-21(29)22-13-16-9-6-10-30-16/h3-10,12,15,20,23H,2,11,13H2,1H3,(H,25,28)(H2,22,24,29). The van der Waals surface area contributed by atoms with Crippen molar-refractivity contribution in [2.75, 3.05) is 5.32 Å². The van der Waals surface area contributed by atoms with Gasteiger partial charge in [0.25, 0.3) is 0 Å². The molecule has 3 aromatic rings. The van der Waals surface area contributed by atoms with E-state index in [1.807, 2.05) is 60.8 Å². The summed E-state index contributed by atoms with van der Waals surface area (Å²) in [6.45, 7) is 2.47. The summed E-state index contributed by atoms with van der Waals surface area (Å²) in [4.78, 5) is 25.7. The minimum Gasteiger partial charge on any atom is -0.333 e. The van der Waals surface area contributed by atoms with Gasteiger partial charge in [0.1, 0.15) is 5.82 Å². The summed E-state index contributed by atoms with van der Waals surface area (Å²) in [6.07, 6.45) is 0.700. The largest absolute Gasteiger partial charge is 0.333 e. The molecule has 8 nitrogen and oxygen atoms in total. The smallest absolute Gasteiger partial charge is 0.320 e. The molecule has 0 bridgehead atoms. The normalized spacial score (nSPS) is 18.6. The van der Waals surface area contributed by atoms with Gasteiger partial charge in [-0.25, -0.2) is 9.48 Å². The van der Waals surface area contributed by atoms with Crippen molar-refractivity contribution in [2.24, 2.45) is 0 Å². The van der Waals surface area contributed by atoms with Crippen LogP contribution in [0.15, 0.2) is 53.9 Å². The lowest BCUT2D eigenvalue weighted by Gasteiger charge is -2.31. The van der Waals surface area contributed by atoms with Crippen molar-refractivity contribution >= 4 is 29.1 Å². The van der Waals surface area contributed by atoms with Crippen LogP contribution in [-0.2, 0) is 11.3 Å². The maximum absolute atomic E-state index is 12.5. The Morgan fingerprint density at radius 1 is 1.27 bits per heavy atom. The monoisotopic (exact) mass is 424 g/mol. The zero-order valence-electron chi connectivity index (χ0n) is 16.6. The number of benzene rings is 1. The second-order valence-corrected chi connectivity index (χ2v) is 8.09. The molecule has 0 saturated carbocycles. The van der Waals surface area contributed by atoms with Gasteiger partial charge in [0.05, 0.1) is 12.2 Å². The van der Waals surface area contributed by atoms with E-state index in [4.69, 9.17) is 0 Å². The average Bonchev–Trinajstić information content (AvgIpc) is 3.42. The minimum absolute atomic E-state index is 0.0459. The number of urea groups is 1. The van der Waals surface area contributed by atoms with Crippen LogP contribution >= 0.6 is 11.3 Å². The van der Waals surface area contributed by atoms with Crippen LogP contribution in [0.2, 0.25) is 0 Å². The van der Waals surface area contributed by atoms with Crippen molar-refractivity contribution < 1.29 is 9.59 Å². The number of hydrogen-bond donors (Lipinski definition) is 4. The van der Waals surface area contributed by atoms with Crippen LogP contribution < -0.4 is 21.3 Å². The van der Waals surface area contributed by atoms with Crippen molar-refractivity contribution in [1.82, 2.24) is 25.7 Å². The third-order valence-electron chi connectivity index (χ3n) is 4.91. The highest BCUT2D eigenvalue weighted by atomic mass is 32.1. The second-order valence-electron chi connectivity index (χ2n) is 7.06. The molecular formula is C21H24N6O2S. The van der Waals surface area contributed by atoms with Crippen molar-refractivity contribution in [3.63, 3.8) is 0 Å². The van der Waals surface area contributed by atoms with E-state index in [1.54, 1.807) is 16.0 Å². The van der Waals surface area contributed by atoms with E-state index in [9.17, 15) is 9.59 Å². The number of carbonyl (C=O) groups is 2. The molecule has 1 aliphatic rings. The molecule has 0 spiro atoms. The molecule has 4 N–H and O–H groups in total. The number of anilines is 1. The second kappa shape index (κ2) is 9.10. The van der Waals surface area contributed by atoms with E-state index in [1.165, 1.54) is 0 Å². The van der Waals surface area contributed by atoms with Crippen molar-refractivity contribution in [2.45, 2.75) is 38.6 Å². The lowest BCUT2D eigenvalue weighted by molar-refractivity contribution is -0.125. The summed E-state index contributed by atoms with van der Waals surface area (Å²) in [5.74, 6) is 0.447. The van der Waals surface area contributed by atoms with Gasteiger partial charge in [-0.1, -0.05) is 43.3 Å². The summed E-state index contributed by atoms with van der Waals surface area (Å²) in [5.41, 5.74) is 1.63. The quantitative estimate of drug-likeness (QED) is 0.488. The molecule has 1 fully saturated rings. The first-order valence-electron chi connectivity index (χ1n) is 9.90. The molecule has 1 saturated heterocycles. The van der Waals surface area contributed by atoms with E-state index >= 15 is 0 Å². The molecule has 0 aliphatic carbocycles. The van der Waals surface area contributed by atoms with Gasteiger partial charge in [-0.3, -0.25) is 15.4 Å². The molecule has 2 aromatic heterocycles. The van der Waals surface area contributed by atoms with E-state index in [0.717, 1.165) is 16.9 Å². The van der Waals surface area contributed by atoms with Gasteiger partial charge >= 0.3 is 6.03 Å². The van der Waals surface area contributed by atoms with Crippen LogP contribution in [0.25, 0.3) is 11.3 Å². The third-order valence-corrected chi connectivity index (χ3v) is 5.79. The van der Waals surface area contributed by atoms with Crippen LogP contribution in [0.3, 0.4) is 0 Å². The van der Waals surface area contributed by atoms with E-state index in [-0.39, 0.29) is 18.0 Å². The molecule has 1 aliphatic heterocycles. The SMILES string of the molecule is CCC1CC(=O)NC(n2nc(-c3ccccc3)cc2NC(=O)NCc2cccs2)N1. The highest BCUT2D eigenvalue weighted by molar-refractivity contribution is 7.09. The molecule has 4 rings (SSSR count). The molecule has 2 atom stereocenters. The molecule has 1 aromatic carbocycles. The van der Waals surface area contributed by atoms with Gasteiger partial charge in [-0.2, -0.15) is 5.10 Å². The zero-order chi connectivity index (χ0) is 20.9. The predicted octanol–water partition coefficient (Wildman–Crippen LogP) is 3.28. The number of rotatable bonds is 6. The number of aromatic nitrogens is 2. The molecule has 156 valence electrons. The molecular weight excluding hydrogens is 400 g/mol. The van der Waals surface area contributed by atoms with E-state index < -0.39 is 6.29 Å². The lowest BCUT2D eigenvalue weighted by Crippen LogP contribution is -2.53. The summed E-state index contributed by atoms with van der Waals surface area (Å²) in [7, 11) is 0. The Kier molecular flexibility index (Phi) is 6.10. The van der Waals surface area contributed by atoms with Crippen LogP contribution in [0.1, 0.15) is 30.9 Å². The van der Waals surface area contributed by atoms with E-state index in [2.05, 4.69) is 26.4 Å². The van der Waals surface area contributed by atoms with Crippen LogP contribution in [0, 0.1) is 0 Å². The predicted molar refractivity (Wildman–Crippen MR) is 117 cm³/mol.